The fraction of sp³-hybridized carbons (Fsp3) is 0.800. The van der Waals surface area contributed by atoms with Gasteiger partial charge in [0.05, 0.1) is 24.5 Å². The lowest BCUT2D eigenvalue weighted by atomic mass is 10.2. The first kappa shape index (κ1) is 10.6. The molecule has 3 atom stereocenters. The maximum atomic E-state index is 11.7. The zero-order valence-electron chi connectivity index (χ0n) is 8.68. The average Bonchev–Trinajstić information content (AvgIpc) is 2.93. The molecule has 5 nitrogen and oxygen atoms in total. The Balaban J connectivity index is 2.06. The second kappa shape index (κ2) is 3.90. The Bertz CT molecular complexity index is 265. The summed E-state index contributed by atoms with van der Waals surface area (Å²) in [4.78, 5) is 24.7. The number of fused-ring (bicyclic) bond motifs is 1. The Kier molecular flexibility index (Phi) is 2.75. The lowest BCUT2D eigenvalue weighted by Crippen LogP contribution is -2.44. The third-order valence-corrected chi connectivity index (χ3v) is 3.09. The van der Waals surface area contributed by atoms with Gasteiger partial charge >= 0.3 is 0 Å². The van der Waals surface area contributed by atoms with Crippen molar-refractivity contribution in [1.29, 1.82) is 0 Å². The second-order valence-corrected chi connectivity index (χ2v) is 4.12. The number of imide groups is 1. The standard InChI is InChI=1S/C10H15NO4/c1-15-5-6(2-3-12)11-9(13)7-4-8(7)10(11)14/h6-8,12H,2-5H2,1H3. The molecule has 0 aromatic rings. The summed E-state index contributed by atoms with van der Waals surface area (Å²) < 4.78 is 4.96. The van der Waals surface area contributed by atoms with Gasteiger partial charge < -0.3 is 9.84 Å². The normalized spacial score (nSPS) is 30.7. The van der Waals surface area contributed by atoms with Crippen molar-refractivity contribution < 1.29 is 19.4 Å². The summed E-state index contributed by atoms with van der Waals surface area (Å²) in [6.07, 6.45) is 1.11. The molecule has 1 aliphatic heterocycles. The molecule has 15 heavy (non-hydrogen) atoms. The molecule has 1 saturated heterocycles. The molecular formula is C10H15NO4. The highest BCUT2D eigenvalue weighted by molar-refractivity contribution is 6.09. The van der Waals surface area contributed by atoms with E-state index in [4.69, 9.17) is 9.84 Å². The Hall–Kier alpha value is -0.940. The molecule has 2 rings (SSSR count). The van der Waals surface area contributed by atoms with Crippen molar-refractivity contribution in [1.82, 2.24) is 4.90 Å². The Labute approximate surface area is 88.0 Å². The van der Waals surface area contributed by atoms with Crippen LogP contribution in [-0.4, -0.2) is 48.2 Å². The fourth-order valence-corrected chi connectivity index (χ4v) is 2.20. The van der Waals surface area contributed by atoms with Crippen LogP contribution in [0.5, 0.6) is 0 Å². The predicted octanol–water partition coefficient (Wildman–Crippen LogP) is -0.611. The number of amides is 2. The van der Waals surface area contributed by atoms with E-state index < -0.39 is 0 Å². The van der Waals surface area contributed by atoms with E-state index in [1.807, 2.05) is 0 Å². The summed E-state index contributed by atoms with van der Waals surface area (Å²) in [6.45, 7) is 0.262. The van der Waals surface area contributed by atoms with Crippen molar-refractivity contribution in [3.63, 3.8) is 0 Å². The molecule has 2 fully saturated rings. The highest BCUT2D eigenvalue weighted by atomic mass is 16.5. The third-order valence-electron chi connectivity index (χ3n) is 3.09. The first-order valence-electron chi connectivity index (χ1n) is 5.17. The molecule has 3 unspecified atom stereocenters. The number of aliphatic hydroxyl groups excluding tert-OH is 1. The highest BCUT2D eigenvalue weighted by Crippen LogP contribution is 2.47. The summed E-state index contributed by atoms with van der Waals surface area (Å²) in [5.41, 5.74) is 0. The molecule has 1 aliphatic carbocycles. The third kappa shape index (κ3) is 1.66. The lowest BCUT2D eigenvalue weighted by molar-refractivity contribution is -0.145. The van der Waals surface area contributed by atoms with Crippen LogP contribution in [0.15, 0.2) is 0 Å². The van der Waals surface area contributed by atoms with Gasteiger partial charge in [-0.1, -0.05) is 0 Å². The minimum atomic E-state index is -0.298. The van der Waals surface area contributed by atoms with Crippen molar-refractivity contribution in [3.05, 3.63) is 0 Å². The number of ether oxygens (including phenoxy) is 1. The van der Waals surface area contributed by atoms with Gasteiger partial charge in [0.15, 0.2) is 0 Å². The van der Waals surface area contributed by atoms with Crippen molar-refractivity contribution in [3.8, 4) is 0 Å². The summed E-state index contributed by atoms with van der Waals surface area (Å²) >= 11 is 0. The van der Waals surface area contributed by atoms with Gasteiger partial charge in [0, 0.05) is 13.7 Å². The van der Waals surface area contributed by atoms with Crippen molar-refractivity contribution in [2.45, 2.75) is 18.9 Å². The van der Waals surface area contributed by atoms with Crippen molar-refractivity contribution in [2.24, 2.45) is 11.8 Å². The van der Waals surface area contributed by atoms with Crippen molar-refractivity contribution >= 4 is 11.8 Å². The average molecular weight is 213 g/mol. The number of carbonyl (C=O) groups is 2. The van der Waals surface area contributed by atoms with E-state index in [0.29, 0.717) is 19.4 Å². The Morgan fingerprint density at radius 3 is 2.53 bits per heavy atom. The van der Waals surface area contributed by atoms with Gasteiger partial charge in [0.1, 0.15) is 0 Å². The Morgan fingerprint density at radius 1 is 1.47 bits per heavy atom. The van der Waals surface area contributed by atoms with Crippen LogP contribution >= 0.6 is 0 Å². The van der Waals surface area contributed by atoms with Gasteiger partial charge in [0.2, 0.25) is 11.8 Å². The van der Waals surface area contributed by atoms with Crippen LogP contribution in [0, 0.1) is 11.8 Å². The van der Waals surface area contributed by atoms with Crippen LogP contribution in [0.25, 0.3) is 0 Å². The number of carbonyl (C=O) groups excluding carboxylic acids is 2. The molecule has 2 amide bonds. The smallest absolute Gasteiger partial charge is 0.233 e. The van der Waals surface area contributed by atoms with Crippen LogP contribution in [0.4, 0.5) is 0 Å². The Morgan fingerprint density at radius 2 is 2.07 bits per heavy atom. The largest absolute Gasteiger partial charge is 0.396 e. The molecule has 0 aromatic heterocycles. The van der Waals surface area contributed by atoms with Crippen LogP contribution in [0.1, 0.15) is 12.8 Å². The van der Waals surface area contributed by atoms with E-state index in [9.17, 15) is 9.59 Å². The van der Waals surface area contributed by atoms with Gasteiger partial charge in [-0.25, -0.2) is 0 Å². The molecule has 2 aliphatic rings. The molecule has 0 aromatic carbocycles. The number of hydrogen-bond donors (Lipinski definition) is 1. The quantitative estimate of drug-likeness (QED) is 0.619. The number of aliphatic hydroxyl groups is 1. The predicted molar refractivity (Wildman–Crippen MR) is 50.8 cm³/mol. The van der Waals surface area contributed by atoms with Gasteiger partial charge in [0.25, 0.3) is 0 Å². The molecule has 1 heterocycles. The lowest BCUT2D eigenvalue weighted by Gasteiger charge is -2.26. The molecule has 84 valence electrons. The second-order valence-electron chi connectivity index (χ2n) is 4.12. The number of hydrogen-bond acceptors (Lipinski definition) is 4. The molecule has 5 heteroatoms. The van der Waals surface area contributed by atoms with Crippen LogP contribution in [0.2, 0.25) is 0 Å². The summed E-state index contributed by atoms with van der Waals surface area (Å²) in [5.74, 6) is -0.313. The minimum Gasteiger partial charge on any atom is -0.396 e. The van der Waals surface area contributed by atoms with Crippen LogP contribution in [0.3, 0.4) is 0 Å². The first-order chi connectivity index (χ1) is 7.20. The zero-order valence-corrected chi connectivity index (χ0v) is 8.68. The molecule has 0 spiro atoms. The topological polar surface area (TPSA) is 66.8 Å². The fourth-order valence-electron chi connectivity index (χ4n) is 2.20. The minimum absolute atomic E-state index is 0.0413. The molecule has 1 N–H and O–H groups in total. The summed E-state index contributed by atoms with van der Waals surface area (Å²) in [6, 6.07) is -0.298. The number of nitrogens with zero attached hydrogens (tertiary/aromatic N) is 1. The SMILES string of the molecule is COCC(CCO)N1C(=O)C2CC2C1=O. The number of rotatable bonds is 5. The van der Waals surface area contributed by atoms with Gasteiger partial charge in [-0.3, -0.25) is 14.5 Å². The van der Waals surface area contributed by atoms with E-state index in [2.05, 4.69) is 0 Å². The summed E-state index contributed by atoms with van der Waals surface area (Å²) in [7, 11) is 1.52. The van der Waals surface area contributed by atoms with Gasteiger partial charge in [-0.15, -0.1) is 0 Å². The van der Waals surface area contributed by atoms with Crippen LogP contribution in [-0.2, 0) is 14.3 Å². The number of methoxy groups -OCH3 is 1. The van der Waals surface area contributed by atoms with E-state index in [1.54, 1.807) is 0 Å². The molecule has 0 bridgehead atoms. The van der Waals surface area contributed by atoms with Crippen LogP contribution < -0.4 is 0 Å². The first-order valence-corrected chi connectivity index (χ1v) is 5.17. The maximum Gasteiger partial charge on any atom is 0.233 e. The van der Waals surface area contributed by atoms with E-state index in [1.165, 1.54) is 12.0 Å². The zero-order chi connectivity index (χ0) is 11.0. The highest BCUT2D eigenvalue weighted by Gasteiger charge is 2.60. The number of piperidine rings is 1. The number of likely N-dealkylation sites (tertiary alicyclic amines) is 1. The van der Waals surface area contributed by atoms with E-state index in [0.717, 1.165) is 0 Å². The maximum absolute atomic E-state index is 11.7. The monoisotopic (exact) mass is 213 g/mol. The van der Waals surface area contributed by atoms with E-state index in [-0.39, 0.29) is 36.3 Å². The summed E-state index contributed by atoms with van der Waals surface area (Å²) in [5, 5.41) is 8.87. The molecular weight excluding hydrogens is 198 g/mol. The molecule has 1 saturated carbocycles. The van der Waals surface area contributed by atoms with Gasteiger partial charge in [-0.2, -0.15) is 0 Å². The van der Waals surface area contributed by atoms with E-state index >= 15 is 0 Å². The van der Waals surface area contributed by atoms with Crippen molar-refractivity contribution in [2.75, 3.05) is 20.3 Å². The van der Waals surface area contributed by atoms with Gasteiger partial charge in [-0.05, 0) is 12.8 Å². The molecule has 0 radical (unpaired) electrons.